The van der Waals surface area contributed by atoms with E-state index in [0.717, 1.165) is 24.8 Å². The van der Waals surface area contributed by atoms with Crippen molar-refractivity contribution < 1.29 is 17.9 Å². The van der Waals surface area contributed by atoms with Crippen LogP contribution in [-0.2, 0) is 14.8 Å². The number of allylic oxidation sites excluding steroid dienone is 1. The number of nitrogens with one attached hydrogen (secondary N) is 1. The van der Waals surface area contributed by atoms with Crippen molar-refractivity contribution in [3.05, 3.63) is 29.3 Å². The van der Waals surface area contributed by atoms with Gasteiger partial charge in [0.15, 0.2) is 0 Å². The second kappa shape index (κ2) is 8.01. The lowest BCUT2D eigenvalue weighted by molar-refractivity contribution is -0.112. The van der Waals surface area contributed by atoms with Crippen molar-refractivity contribution in [1.29, 1.82) is 0 Å². The molecule has 0 aliphatic carbocycles. The first kappa shape index (κ1) is 19.5. The molecule has 1 aliphatic rings. The molecule has 138 valence electrons. The van der Waals surface area contributed by atoms with Gasteiger partial charge in [-0.05, 0) is 51.8 Å². The third-order valence-electron chi connectivity index (χ3n) is 4.44. The van der Waals surface area contributed by atoms with E-state index in [1.165, 1.54) is 17.5 Å². The number of rotatable bonds is 5. The van der Waals surface area contributed by atoms with E-state index in [4.69, 9.17) is 4.74 Å². The van der Waals surface area contributed by atoms with Crippen LogP contribution in [-0.4, -0.2) is 38.8 Å². The average molecular weight is 366 g/mol. The van der Waals surface area contributed by atoms with Crippen LogP contribution in [0.25, 0.3) is 0 Å². The maximum absolute atomic E-state index is 13.0. The number of ether oxygens (including phenoxy) is 1. The van der Waals surface area contributed by atoms with E-state index >= 15 is 0 Å². The van der Waals surface area contributed by atoms with Crippen LogP contribution in [0.1, 0.15) is 40.0 Å². The highest BCUT2D eigenvalue weighted by atomic mass is 32.2. The number of sulfonamides is 1. The number of carbonyl (C=O) groups is 1. The van der Waals surface area contributed by atoms with Gasteiger partial charge in [0.25, 0.3) is 5.91 Å². The minimum atomic E-state index is -3.65. The second-order valence-corrected chi connectivity index (χ2v) is 8.32. The third-order valence-corrected chi connectivity index (χ3v) is 6.36. The topological polar surface area (TPSA) is 75.7 Å². The number of anilines is 1. The fraction of sp³-hybridized carbons (Fsp3) is 0.500. The van der Waals surface area contributed by atoms with Crippen molar-refractivity contribution in [3.8, 4) is 5.75 Å². The standard InChI is InChI=1S/C18H26N2O4S/c1-13(2)14(3)18(21)19-15-8-9-16(24-4)17(12-15)25(22,23)20-10-6-5-7-11-20/h8-9,12H,5-7,10-11H2,1-4H3,(H,19,21). The maximum Gasteiger partial charge on any atom is 0.251 e. The Hall–Kier alpha value is -1.86. The molecule has 0 saturated carbocycles. The monoisotopic (exact) mass is 366 g/mol. The van der Waals surface area contributed by atoms with E-state index in [-0.39, 0.29) is 16.6 Å². The molecule has 25 heavy (non-hydrogen) atoms. The van der Waals surface area contributed by atoms with Gasteiger partial charge in [0.1, 0.15) is 10.6 Å². The molecule has 0 spiro atoms. The predicted octanol–water partition coefficient (Wildman–Crippen LogP) is 3.16. The summed E-state index contributed by atoms with van der Waals surface area (Å²) < 4.78 is 32.7. The fourth-order valence-electron chi connectivity index (χ4n) is 2.65. The lowest BCUT2D eigenvalue weighted by Gasteiger charge is -2.26. The molecule has 1 saturated heterocycles. The van der Waals surface area contributed by atoms with Gasteiger partial charge >= 0.3 is 0 Å². The molecular weight excluding hydrogens is 340 g/mol. The minimum absolute atomic E-state index is 0.0875. The maximum atomic E-state index is 13.0. The minimum Gasteiger partial charge on any atom is -0.495 e. The van der Waals surface area contributed by atoms with Crippen LogP contribution in [0, 0.1) is 0 Å². The number of amides is 1. The zero-order chi connectivity index (χ0) is 18.6. The van der Waals surface area contributed by atoms with Crippen molar-refractivity contribution in [2.75, 3.05) is 25.5 Å². The normalized spacial score (nSPS) is 15.5. The zero-order valence-electron chi connectivity index (χ0n) is 15.3. The third kappa shape index (κ3) is 4.41. The fourth-order valence-corrected chi connectivity index (χ4v) is 4.35. The SMILES string of the molecule is COc1ccc(NC(=O)C(C)=C(C)C)cc1S(=O)(=O)N1CCCCC1. The smallest absolute Gasteiger partial charge is 0.251 e. The van der Waals surface area contributed by atoms with Crippen molar-refractivity contribution >= 4 is 21.6 Å². The van der Waals surface area contributed by atoms with Gasteiger partial charge in [0, 0.05) is 24.4 Å². The van der Waals surface area contributed by atoms with Crippen LogP contribution in [0.4, 0.5) is 5.69 Å². The van der Waals surface area contributed by atoms with Crippen LogP contribution in [0.3, 0.4) is 0 Å². The summed E-state index contributed by atoms with van der Waals surface area (Å²) in [5.41, 5.74) is 1.95. The van der Waals surface area contributed by atoms with Gasteiger partial charge in [0.2, 0.25) is 10.0 Å². The Morgan fingerprint density at radius 1 is 1.12 bits per heavy atom. The van der Waals surface area contributed by atoms with E-state index in [0.29, 0.717) is 24.4 Å². The van der Waals surface area contributed by atoms with Gasteiger partial charge in [-0.15, -0.1) is 0 Å². The number of hydrogen-bond acceptors (Lipinski definition) is 4. The van der Waals surface area contributed by atoms with E-state index < -0.39 is 10.0 Å². The summed E-state index contributed by atoms with van der Waals surface area (Å²) in [5, 5.41) is 2.75. The van der Waals surface area contributed by atoms with Gasteiger partial charge in [-0.1, -0.05) is 12.0 Å². The molecule has 0 bridgehead atoms. The van der Waals surface area contributed by atoms with Gasteiger partial charge < -0.3 is 10.1 Å². The number of carbonyl (C=O) groups excluding carboxylic acids is 1. The molecule has 1 amide bonds. The van der Waals surface area contributed by atoms with Crippen molar-refractivity contribution in [1.82, 2.24) is 4.31 Å². The molecule has 7 heteroatoms. The Bertz CT molecular complexity index is 774. The highest BCUT2D eigenvalue weighted by molar-refractivity contribution is 7.89. The highest BCUT2D eigenvalue weighted by Crippen LogP contribution is 2.31. The van der Waals surface area contributed by atoms with Crippen LogP contribution in [0.5, 0.6) is 5.75 Å². The Balaban J connectivity index is 2.37. The number of nitrogens with zero attached hydrogens (tertiary/aromatic N) is 1. The van der Waals surface area contributed by atoms with Gasteiger partial charge in [-0.25, -0.2) is 8.42 Å². The Kier molecular flexibility index (Phi) is 6.24. The number of piperidine rings is 1. The summed E-state index contributed by atoms with van der Waals surface area (Å²) >= 11 is 0. The first-order valence-corrected chi connectivity index (χ1v) is 9.85. The summed E-state index contributed by atoms with van der Waals surface area (Å²) in [7, 11) is -2.21. The summed E-state index contributed by atoms with van der Waals surface area (Å²) in [6, 6.07) is 4.69. The van der Waals surface area contributed by atoms with Gasteiger partial charge in [-0.2, -0.15) is 4.31 Å². The largest absolute Gasteiger partial charge is 0.495 e. The highest BCUT2D eigenvalue weighted by Gasteiger charge is 2.29. The number of hydrogen-bond donors (Lipinski definition) is 1. The molecule has 2 rings (SSSR count). The summed E-state index contributed by atoms with van der Waals surface area (Å²) in [6.07, 6.45) is 2.76. The van der Waals surface area contributed by atoms with Crippen molar-refractivity contribution in [2.24, 2.45) is 0 Å². The average Bonchev–Trinajstić information content (AvgIpc) is 2.61. The number of benzene rings is 1. The second-order valence-electron chi connectivity index (χ2n) is 6.41. The molecule has 1 heterocycles. The number of methoxy groups -OCH3 is 1. The van der Waals surface area contributed by atoms with Gasteiger partial charge in [-0.3, -0.25) is 4.79 Å². The molecular formula is C18H26N2O4S. The predicted molar refractivity (Wildman–Crippen MR) is 98.3 cm³/mol. The molecule has 0 aromatic heterocycles. The molecule has 1 aliphatic heterocycles. The van der Waals surface area contributed by atoms with Gasteiger partial charge in [0.05, 0.1) is 7.11 Å². The molecule has 1 fully saturated rings. The lowest BCUT2D eigenvalue weighted by Crippen LogP contribution is -2.35. The zero-order valence-corrected chi connectivity index (χ0v) is 16.1. The lowest BCUT2D eigenvalue weighted by atomic mass is 10.1. The molecule has 0 unspecified atom stereocenters. The van der Waals surface area contributed by atoms with E-state index in [9.17, 15) is 13.2 Å². The van der Waals surface area contributed by atoms with Crippen LogP contribution >= 0.6 is 0 Å². The van der Waals surface area contributed by atoms with E-state index in [1.54, 1.807) is 19.1 Å². The molecule has 6 nitrogen and oxygen atoms in total. The summed E-state index contributed by atoms with van der Waals surface area (Å²) in [6.45, 7) is 6.47. The molecule has 1 N–H and O–H groups in total. The summed E-state index contributed by atoms with van der Waals surface area (Å²) in [5.74, 6) is 0.0361. The quantitative estimate of drug-likeness (QED) is 0.812. The molecule has 1 aromatic carbocycles. The first-order valence-electron chi connectivity index (χ1n) is 8.41. The molecule has 0 atom stereocenters. The van der Waals surface area contributed by atoms with E-state index in [1.807, 2.05) is 13.8 Å². The van der Waals surface area contributed by atoms with Crippen molar-refractivity contribution in [2.45, 2.75) is 44.9 Å². The van der Waals surface area contributed by atoms with Crippen molar-refractivity contribution in [3.63, 3.8) is 0 Å². The van der Waals surface area contributed by atoms with Crippen LogP contribution in [0.2, 0.25) is 0 Å². The Morgan fingerprint density at radius 2 is 1.76 bits per heavy atom. The van der Waals surface area contributed by atoms with Crippen LogP contribution < -0.4 is 10.1 Å². The van der Waals surface area contributed by atoms with Crippen LogP contribution in [0.15, 0.2) is 34.2 Å². The molecule has 1 aromatic rings. The Morgan fingerprint density at radius 3 is 2.32 bits per heavy atom. The molecule has 0 radical (unpaired) electrons. The summed E-state index contributed by atoms with van der Waals surface area (Å²) in [4.78, 5) is 12.3. The first-order chi connectivity index (χ1) is 11.8. The Labute approximate surface area is 149 Å². The van der Waals surface area contributed by atoms with E-state index in [2.05, 4.69) is 5.32 Å².